The fourth-order valence-electron chi connectivity index (χ4n) is 6.11. The van der Waals surface area contributed by atoms with Crippen LogP contribution in [0.1, 0.15) is 62.5 Å². The Morgan fingerprint density at radius 2 is 1.71 bits per heavy atom. The summed E-state index contributed by atoms with van der Waals surface area (Å²) < 4.78 is 5.68. The van der Waals surface area contributed by atoms with Crippen LogP contribution in [0.3, 0.4) is 0 Å². The smallest absolute Gasteiger partial charge is 0.407 e. The second-order valence-electron chi connectivity index (χ2n) is 10.1. The van der Waals surface area contributed by atoms with Gasteiger partial charge in [-0.2, -0.15) is 0 Å². The van der Waals surface area contributed by atoms with E-state index in [1.165, 1.54) is 16.0 Å². The summed E-state index contributed by atoms with van der Waals surface area (Å²) in [5.74, 6) is -0.878. The number of unbranched alkanes of at least 4 members (excludes halogenated alkanes) is 1. The molecule has 2 bridgehead atoms. The zero-order chi connectivity index (χ0) is 24.6. The first-order valence-corrected chi connectivity index (χ1v) is 12.6. The molecule has 3 fully saturated rings. The van der Waals surface area contributed by atoms with Crippen molar-refractivity contribution in [1.82, 2.24) is 10.2 Å². The van der Waals surface area contributed by atoms with Gasteiger partial charge in [0.15, 0.2) is 0 Å². The molecule has 4 aliphatic rings. The molecule has 2 saturated heterocycles. The maximum absolute atomic E-state index is 13.1. The van der Waals surface area contributed by atoms with Crippen molar-refractivity contribution in [2.75, 3.05) is 13.2 Å². The SMILES string of the molecule is CCCC[C@H](CC(=O)N1CC2CC1(C(=O)O)C2)NC(=O)OCC1c2ccccc2-c2ccccc21. The molecule has 0 aromatic heterocycles. The second kappa shape index (κ2) is 9.36. The van der Waals surface area contributed by atoms with E-state index in [1.54, 1.807) is 0 Å². The maximum atomic E-state index is 13.1. The minimum Gasteiger partial charge on any atom is -0.479 e. The Labute approximate surface area is 205 Å². The summed E-state index contributed by atoms with van der Waals surface area (Å²) in [6, 6.07) is 16.0. The van der Waals surface area contributed by atoms with Crippen molar-refractivity contribution in [3.63, 3.8) is 0 Å². The van der Waals surface area contributed by atoms with E-state index in [9.17, 15) is 19.5 Å². The molecule has 2 heterocycles. The van der Waals surface area contributed by atoms with Crippen LogP contribution >= 0.6 is 0 Å². The molecule has 184 valence electrons. The van der Waals surface area contributed by atoms with E-state index in [1.807, 2.05) is 24.3 Å². The topological polar surface area (TPSA) is 95.9 Å². The summed E-state index contributed by atoms with van der Waals surface area (Å²) in [5.41, 5.74) is 3.58. The highest BCUT2D eigenvalue weighted by Gasteiger charge is 2.62. The summed E-state index contributed by atoms with van der Waals surface area (Å²) in [4.78, 5) is 39.2. The van der Waals surface area contributed by atoms with Gasteiger partial charge in [0.05, 0.1) is 0 Å². The molecule has 2 aliphatic heterocycles. The zero-order valence-electron chi connectivity index (χ0n) is 20.0. The Morgan fingerprint density at radius 1 is 1.09 bits per heavy atom. The Morgan fingerprint density at radius 3 is 2.31 bits per heavy atom. The average Bonchev–Trinajstić information content (AvgIpc) is 3.50. The molecule has 1 atom stereocenters. The minimum absolute atomic E-state index is 0.0318. The van der Waals surface area contributed by atoms with Gasteiger partial charge in [-0.3, -0.25) is 4.79 Å². The lowest BCUT2D eigenvalue weighted by Crippen LogP contribution is -2.55. The van der Waals surface area contributed by atoms with Crippen LogP contribution in [0.25, 0.3) is 11.1 Å². The maximum Gasteiger partial charge on any atom is 0.407 e. The zero-order valence-corrected chi connectivity index (χ0v) is 20.0. The fraction of sp³-hybridized carbons (Fsp3) is 0.464. The Kier molecular flexibility index (Phi) is 6.26. The number of hydrogen-bond donors (Lipinski definition) is 2. The van der Waals surface area contributed by atoms with Crippen LogP contribution in [0.5, 0.6) is 0 Å². The van der Waals surface area contributed by atoms with Crippen molar-refractivity contribution in [3.05, 3.63) is 59.7 Å². The number of nitrogens with one attached hydrogen (secondary N) is 1. The van der Waals surface area contributed by atoms with E-state index in [0.29, 0.717) is 25.8 Å². The number of amides is 2. The first-order chi connectivity index (χ1) is 16.9. The quantitative estimate of drug-likeness (QED) is 0.554. The van der Waals surface area contributed by atoms with E-state index >= 15 is 0 Å². The highest BCUT2D eigenvalue weighted by Crippen LogP contribution is 2.51. The molecule has 2 aliphatic carbocycles. The molecule has 0 spiro atoms. The fourth-order valence-corrected chi connectivity index (χ4v) is 6.11. The molecule has 35 heavy (non-hydrogen) atoms. The monoisotopic (exact) mass is 476 g/mol. The lowest BCUT2D eigenvalue weighted by Gasteiger charge is -2.38. The van der Waals surface area contributed by atoms with Crippen LogP contribution in [-0.2, 0) is 14.3 Å². The summed E-state index contributed by atoms with van der Waals surface area (Å²) >= 11 is 0. The van der Waals surface area contributed by atoms with Gasteiger partial charge in [-0.05, 0) is 47.4 Å². The molecular weight excluding hydrogens is 444 g/mol. The number of ether oxygens (including phenoxy) is 1. The molecule has 1 saturated carbocycles. The van der Waals surface area contributed by atoms with Crippen molar-refractivity contribution < 1.29 is 24.2 Å². The first-order valence-electron chi connectivity index (χ1n) is 12.6. The van der Waals surface area contributed by atoms with Gasteiger partial charge in [0, 0.05) is 24.9 Å². The van der Waals surface area contributed by atoms with Crippen LogP contribution in [0.4, 0.5) is 4.79 Å². The predicted molar refractivity (Wildman–Crippen MR) is 131 cm³/mol. The number of benzene rings is 2. The third-order valence-electron chi connectivity index (χ3n) is 7.90. The van der Waals surface area contributed by atoms with E-state index in [-0.39, 0.29) is 36.8 Å². The molecule has 7 nitrogen and oxygen atoms in total. The van der Waals surface area contributed by atoms with E-state index in [2.05, 4.69) is 36.5 Å². The minimum atomic E-state index is -1.04. The molecule has 6 rings (SSSR count). The Bertz CT molecular complexity index is 1090. The van der Waals surface area contributed by atoms with Gasteiger partial charge in [-0.25, -0.2) is 9.59 Å². The van der Waals surface area contributed by atoms with E-state index < -0.39 is 17.6 Å². The Hall–Kier alpha value is -3.35. The highest BCUT2D eigenvalue weighted by molar-refractivity contribution is 5.90. The number of aliphatic carboxylic acids is 1. The standard InChI is InChI=1S/C28H32N2O5/c1-2-3-8-19(13-25(31)30-16-18-14-28(30,15-18)26(32)33)29-27(34)35-17-24-22-11-6-4-9-20(22)21-10-5-7-12-23(21)24/h4-7,9-12,18-19,24H,2-3,8,13-17H2,1H3,(H,29,34)(H,32,33)/t18?,19-,28?/m1/s1. The number of hydrogen-bond acceptors (Lipinski definition) is 4. The van der Waals surface area contributed by atoms with Crippen molar-refractivity contribution in [2.45, 2.75) is 62.9 Å². The van der Waals surface area contributed by atoms with Gasteiger partial charge >= 0.3 is 12.1 Å². The molecule has 2 aromatic rings. The highest BCUT2D eigenvalue weighted by atomic mass is 16.5. The average molecular weight is 477 g/mol. The molecular formula is C28H32N2O5. The lowest BCUT2D eigenvalue weighted by atomic mass is 9.73. The largest absolute Gasteiger partial charge is 0.479 e. The van der Waals surface area contributed by atoms with Crippen LogP contribution in [-0.4, -0.2) is 52.7 Å². The Balaban J connectivity index is 1.22. The number of nitrogens with zero attached hydrogens (tertiary/aromatic N) is 1. The third kappa shape index (κ3) is 4.17. The van der Waals surface area contributed by atoms with Crippen LogP contribution in [0.2, 0.25) is 0 Å². The number of rotatable bonds is 9. The molecule has 0 unspecified atom stereocenters. The molecule has 2 amide bonds. The number of carboxylic acids is 1. The van der Waals surface area contributed by atoms with Gasteiger partial charge in [0.1, 0.15) is 12.1 Å². The van der Waals surface area contributed by atoms with Crippen LogP contribution in [0, 0.1) is 5.92 Å². The number of carbonyl (C=O) groups excluding carboxylic acids is 2. The van der Waals surface area contributed by atoms with Gasteiger partial charge in [-0.15, -0.1) is 0 Å². The first kappa shape index (κ1) is 23.4. The third-order valence-corrected chi connectivity index (χ3v) is 7.90. The van der Waals surface area contributed by atoms with Crippen molar-refractivity contribution in [2.24, 2.45) is 5.92 Å². The number of carboxylic acid groups (broad SMARTS) is 1. The van der Waals surface area contributed by atoms with Crippen molar-refractivity contribution in [3.8, 4) is 11.1 Å². The normalized spacial score (nSPS) is 22.7. The predicted octanol–water partition coefficient (Wildman–Crippen LogP) is 4.55. The summed E-state index contributed by atoms with van der Waals surface area (Å²) in [6.07, 6.45) is 3.05. The second-order valence-corrected chi connectivity index (χ2v) is 10.1. The molecule has 7 heteroatoms. The van der Waals surface area contributed by atoms with E-state index in [4.69, 9.17) is 4.74 Å². The van der Waals surface area contributed by atoms with Crippen LogP contribution < -0.4 is 5.32 Å². The van der Waals surface area contributed by atoms with Crippen molar-refractivity contribution >= 4 is 18.0 Å². The molecule has 0 radical (unpaired) electrons. The van der Waals surface area contributed by atoms with Gasteiger partial charge in [0.25, 0.3) is 0 Å². The van der Waals surface area contributed by atoms with Gasteiger partial charge < -0.3 is 20.1 Å². The number of alkyl carbamates (subject to hydrolysis) is 1. The van der Waals surface area contributed by atoms with Gasteiger partial charge in [0.2, 0.25) is 5.91 Å². The summed E-state index contributed by atoms with van der Waals surface area (Å²) in [5, 5.41) is 12.6. The summed E-state index contributed by atoms with van der Waals surface area (Å²) in [7, 11) is 0. The molecule has 2 N–H and O–H groups in total. The van der Waals surface area contributed by atoms with Crippen molar-refractivity contribution in [1.29, 1.82) is 0 Å². The lowest BCUT2D eigenvalue weighted by molar-refractivity contribution is -0.158. The van der Waals surface area contributed by atoms with Gasteiger partial charge in [-0.1, -0.05) is 68.3 Å². The number of carbonyl (C=O) groups is 3. The molecule has 2 aromatic carbocycles. The van der Waals surface area contributed by atoms with Crippen LogP contribution in [0.15, 0.2) is 48.5 Å². The summed E-state index contributed by atoms with van der Waals surface area (Å²) in [6.45, 7) is 2.77. The van der Waals surface area contributed by atoms with E-state index in [0.717, 1.165) is 24.0 Å². The number of fused-ring (bicyclic) bond motifs is 4.